The number of nitrogens with zero attached hydrogens (tertiary/aromatic N) is 1. The molecule has 1 atom stereocenters. The van der Waals surface area contributed by atoms with Crippen LogP contribution in [0.4, 0.5) is 10.5 Å². The van der Waals surface area contributed by atoms with E-state index in [2.05, 4.69) is 16.0 Å². The van der Waals surface area contributed by atoms with E-state index in [-0.39, 0.29) is 30.8 Å². The lowest BCUT2D eigenvalue weighted by Gasteiger charge is -2.30. The number of hydrogen-bond acceptors (Lipinski definition) is 7. The van der Waals surface area contributed by atoms with E-state index in [9.17, 15) is 24.0 Å². The fourth-order valence-electron chi connectivity index (χ4n) is 3.61. The van der Waals surface area contributed by atoms with Crippen molar-refractivity contribution in [2.75, 3.05) is 25.0 Å². The van der Waals surface area contributed by atoms with E-state index in [1.807, 2.05) is 0 Å². The first-order chi connectivity index (χ1) is 15.8. The molecule has 1 aromatic carbocycles. The fraction of sp³-hybridized carbons (Fsp3) is 0.409. The Kier molecular flexibility index (Phi) is 8.01. The molecule has 0 spiro atoms. The van der Waals surface area contributed by atoms with Crippen LogP contribution in [0.3, 0.4) is 0 Å². The number of nitrogens with one attached hydrogen (secondary N) is 3. The van der Waals surface area contributed by atoms with Gasteiger partial charge in [0.25, 0.3) is 5.91 Å². The molecule has 11 nitrogen and oxygen atoms in total. The first-order valence-corrected chi connectivity index (χ1v) is 10.7. The number of ether oxygens (including phenoxy) is 1. The van der Waals surface area contributed by atoms with Gasteiger partial charge in [-0.1, -0.05) is 6.08 Å². The van der Waals surface area contributed by atoms with E-state index in [0.29, 0.717) is 38.0 Å². The molecule has 11 heteroatoms. The third-order valence-electron chi connectivity index (χ3n) is 5.41. The number of benzene rings is 1. The second kappa shape index (κ2) is 11.1. The highest BCUT2D eigenvalue weighted by Gasteiger charge is 2.28. The van der Waals surface area contributed by atoms with Crippen molar-refractivity contribution in [1.82, 2.24) is 15.5 Å². The van der Waals surface area contributed by atoms with Crippen molar-refractivity contribution in [1.29, 1.82) is 0 Å². The Labute approximate surface area is 190 Å². The summed E-state index contributed by atoms with van der Waals surface area (Å²) in [4.78, 5) is 60.0. The first-order valence-electron chi connectivity index (χ1n) is 10.7. The summed E-state index contributed by atoms with van der Waals surface area (Å²) >= 11 is 0. The first kappa shape index (κ1) is 23.8. The minimum absolute atomic E-state index is 0.116. The maximum Gasteiger partial charge on any atom is 0.404 e. The summed E-state index contributed by atoms with van der Waals surface area (Å²) in [6.45, 7) is 1.41. The molecule has 2 fully saturated rings. The van der Waals surface area contributed by atoms with Crippen molar-refractivity contribution in [2.45, 2.75) is 37.8 Å². The quantitative estimate of drug-likeness (QED) is 0.338. The van der Waals surface area contributed by atoms with Crippen molar-refractivity contribution in [3.63, 3.8) is 0 Å². The predicted molar refractivity (Wildman–Crippen MR) is 118 cm³/mol. The lowest BCUT2D eigenvalue weighted by Crippen LogP contribution is -2.52. The Morgan fingerprint density at radius 3 is 2.45 bits per heavy atom. The molecule has 1 unspecified atom stereocenters. The molecular weight excluding hydrogens is 430 g/mol. The van der Waals surface area contributed by atoms with Crippen LogP contribution >= 0.6 is 0 Å². The van der Waals surface area contributed by atoms with Crippen LogP contribution in [0.1, 0.15) is 36.0 Å². The number of carbonyl (C=O) groups excluding carboxylic acids is 5. The molecule has 0 aliphatic carbocycles. The monoisotopic (exact) mass is 457 g/mol. The van der Waals surface area contributed by atoms with Gasteiger partial charge in [-0.3, -0.25) is 24.5 Å². The molecule has 0 aromatic heterocycles. The largest absolute Gasteiger partial charge is 0.446 e. The van der Waals surface area contributed by atoms with Crippen LogP contribution in [0.15, 0.2) is 36.4 Å². The van der Waals surface area contributed by atoms with Gasteiger partial charge in [-0.2, -0.15) is 0 Å². The van der Waals surface area contributed by atoms with Crippen LogP contribution in [0.2, 0.25) is 0 Å². The Hall–Kier alpha value is -3.89. The lowest BCUT2D eigenvalue weighted by atomic mass is 10.1. The van der Waals surface area contributed by atoms with Crippen LogP contribution in [0, 0.1) is 0 Å². The van der Waals surface area contributed by atoms with Gasteiger partial charge in [-0.15, -0.1) is 0 Å². The van der Waals surface area contributed by atoms with Gasteiger partial charge in [0.1, 0.15) is 12.1 Å². The zero-order chi connectivity index (χ0) is 23.8. The third-order valence-corrected chi connectivity index (χ3v) is 5.41. The smallest absolute Gasteiger partial charge is 0.404 e. The van der Waals surface area contributed by atoms with Crippen LogP contribution < -0.4 is 21.7 Å². The number of anilines is 1. The molecule has 2 aliphatic rings. The number of likely N-dealkylation sites (tertiary alicyclic amines) is 1. The molecule has 2 heterocycles. The number of rotatable bonds is 7. The normalized spacial score (nSPS) is 19.2. The van der Waals surface area contributed by atoms with Crippen molar-refractivity contribution < 1.29 is 28.7 Å². The van der Waals surface area contributed by atoms with Crippen LogP contribution in [-0.2, 0) is 19.1 Å². The second-order valence-corrected chi connectivity index (χ2v) is 7.80. The van der Waals surface area contributed by atoms with Crippen molar-refractivity contribution >= 4 is 35.4 Å². The number of nitrogens with two attached hydrogens (primary N) is 1. The molecule has 33 heavy (non-hydrogen) atoms. The molecule has 2 aliphatic heterocycles. The van der Waals surface area contributed by atoms with Crippen LogP contribution in [0.25, 0.3) is 0 Å². The molecule has 2 saturated heterocycles. The molecule has 0 radical (unpaired) electrons. The number of hydrogen-bond donors (Lipinski definition) is 4. The Balaban J connectivity index is 1.39. The van der Waals surface area contributed by atoms with E-state index < -0.39 is 23.9 Å². The summed E-state index contributed by atoms with van der Waals surface area (Å²) in [6, 6.07) is 5.96. The molecule has 176 valence electrons. The SMILES string of the molecule is NC(=O)OC1CCN(C(=O)/C=C/CNc2ccc(C(=O)NC3CCC(=O)NC3=O)cc2)CC1. The number of carbonyl (C=O) groups is 5. The molecule has 0 saturated carbocycles. The molecule has 0 bridgehead atoms. The number of piperidine rings is 2. The Morgan fingerprint density at radius 2 is 1.82 bits per heavy atom. The lowest BCUT2D eigenvalue weighted by molar-refractivity contribution is -0.134. The van der Waals surface area contributed by atoms with E-state index in [0.717, 1.165) is 5.69 Å². The maximum absolute atomic E-state index is 12.3. The average Bonchev–Trinajstić information content (AvgIpc) is 2.79. The maximum atomic E-state index is 12.3. The standard InChI is InChI=1S/C22H27N5O6/c23-22(32)33-16-9-12-27(13-10-16)19(29)2-1-11-24-15-5-3-14(4-6-15)20(30)25-17-7-8-18(28)26-21(17)31/h1-6,16-17,24H,7-13H2,(H2,23,32)(H,25,30)(H,26,28,31)/b2-1+. The van der Waals surface area contributed by atoms with Crippen molar-refractivity contribution in [3.05, 3.63) is 42.0 Å². The van der Waals surface area contributed by atoms with Gasteiger partial charge in [0.15, 0.2) is 0 Å². The van der Waals surface area contributed by atoms with Gasteiger partial charge < -0.3 is 26.0 Å². The minimum atomic E-state index is -0.797. The van der Waals surface area contributed by atoms with Gasteiger partial charge in [0.2, 0.25) is 17.7 Å². The second-order valence-electron chi connectivity index (χ2n) is 7.80. The third kappa shape index (κ3) is 7.06. The van der Waals surface area contributed by atoms with E-state index >= 15 is 0 Å². The summed E-state index contributed by atoms with van der Waals surface area (Å²) < 4.78 is 4.95. The number of amides is 5. The van der Waals surface area contributed by atoms with Crippen molar-refractivity contribution in [3.8, 4) is 0 Å². The van der Waals surface area contributed by atoms with E-state index in [4.69, 9.17) is 10.5 Å². The average molecular weight is 457 g/mol. The molecule has 3 rings (SSSR count). The highest BCUT2D eigenvalue weighted by atomic mass is 16.6. The van der Waals surface area contributed by atoms with Gasteiger partial charge >= 0.3 is 6.09 Å². The van der Waals surface area contributed by atoms with Gasteiger partial charge in [0, 0.05) is 56.2 Å². The molecular formula is C22H27N5O6. The molecule has 5 N–H and O–H groups in total. The van der Waals surface area contributed by atoms with Gasteiger partial charge in [-0.05, 0) is 30.7 Å². The zero-order valence-electron chi connectivity index (χ0n) is 18.0. The van der Waals surface area contributed by atoms with Crippen LogP contribution in [0.5, 0.6) is 0 Å². The molecule has 1 aromatic rings. The summed E-state index contributed by atoms with van der Waals surface area (Å²) in [5.41, 5.74) is 6.16. The topological polar surface area (TPSA) is 160 Å². The summed E-state index contributed by atoms with van der Waals surface area (Å²) in [7, 11) is 0. The van der Waals surface area contributed by atoms with Crippen LogP contribution in [-0.4, -0.2) is 66.4 Å². The van der Waals surface area contributed by atoms with E-state index in [1.165, 1.54) is 6.08 Å². The Bertz CT molecular complexity index is 937. The zero-order valence-corrected chi connectivity index (χ0v) is 18.0. The minimum Gasteiger partial charge on any atom is -0.446 e. The van der Waals surface area contributed by atoms with Gasteiger partial charge in [0.05, 0.1) is 0 Å². The Morgan fingerprint density at radius 1 is 1.12 bits per heavy atom. The number of imide groups is 1. The highest BCUT2D eigenvalue weighted by Crippen LogP contribution is 2.14. The van der Waals surface area contributed by atoms with E-state index in [1.54, 1.807) is 35.2 Å². The summed E-state index contributed by atoms with van der Waals surface area (Å²) in [6.07, 6.45) is 3.74. The molecule has 5 amide bonds. The summed E-state index contributed by atoms with van der Waals surface area (Å²) in [5.74, 6) is -1.35. The highest BCUT2D eigenvalue weighted by molar-refractivity contribution is 6.03. The fourth-order valence-corrected chi connectivity index (χ4v) is 3.61. The van der Waals surface area contributed by atoms with Crippen molar-refractivity contribution in [2.24, 2.45) is 5.73 Å². The predicted octanol–water partition coefficient (Wildman–Crippen LogP) is 0.276. The number of primary amides is 1. The summed E-state index contributed by atoms with van der Waals surface area (Å²) in [5, 5.41) is 7.96. The van der Waals surface area contributed by atoms with Gasteiger partial charge in [-0.25, -0.2) is 4.79 Å².